The largest absolute Gasteiger partial charge is 0.456 e. The van der Waals surface area contributed by atoms with Crippen molar-refractivity contribution < 1.29 is 23.5 Å². The van der Waals surface area contributed by atoms with Gasteiger partial charge in [0.15, 0.2) is 0 Å². The number of hydrogen-bond donors (Lipinski definition) is 0. The number of ether oxygens (including phenoxy) is 1. The molecule has 0 saturated heterocycles. The van der Waals surface area contributed by atoms with E-state index in [2.05, 4.69) is 4.98 Å². The number of esters is 1. The van der Waals surface area contributed by atoms with Crippen molar-refractivity contribution in [3.63, 3.8) is 0 Å². The minimum Gasteiger partial charge on any atom is -0.456 e. The molecule has 2 heterocycles. The van der Waals surface area contributed by atoms with Crippen molar-refractivity contribution in [3.8, 4) is 10.6 Å². The maximum absolute atomic E-state index is 13.0. The Bertz CT molecular complexity index is 1110. The molecule has 8 heteroatoms. The van der Waals surface area contributed by atoms with Crippen LogP contribution in [0.4, 0.5) is 4.39 Å². The van der Waals surface area contributed by atoms with Gasteiger partial charge in [-0.1, -0.05) is 0 Å². The molecule has 140 valence electrons. The molecule has 28 heavy (non-hydrogen) atoms. The number of hydrogen-bond acceptors (Lipinski definition) is 6. The number of halogens is 1. The lowest BCUT2D eigenvalue weighted by molar-refractivity contribution is 0.0468. The van der Waals surface area contributed by atoms with E-state index in [9.17, 15) is 18.8 Å². The summed E-state index contributed by atoms with van der Waals surface area (Å²) in [7, 11) is 1.39. The van der Waals surface area contributed by atoms with Gasteiger partial charge in [0.2, 0.25) is 0 Å². The van der Waals surface area contributed by atoms with Crippen molar-refractivity contribution in [3.05, 3.63) is 76.0 Å². The van der Waals surface area contributed by atoms with Gasteiger partial charge in [0, 0.05) is 18.0 Å². The molecule has 0 N–H and O–H groups in total. The van der Waals surface area contributed by atoms with Gasteiger partial charge in [0.05, 0.1) is 22.4 Å². The first-order valence-corrected chi connectivity index (χ1v) is 9.16. The van der Waals surface area contributed by atoms with Gasteiger partial charge < -0.3 is 4.74 Å². The van der Waals surface area contributed by atoms with Crippen LogP contribution in [0.3, 0.4) is 0 Å². The van der Waals surface area contributed by atoms with Crippen molar-refractivity contribution in [2.75, 3.05) is 7.05 Å². The maximum Gasteiger partial charge on any atom is 0.338 e. The highest BCUT2D eigenvalue weighted by molar-refractivity contribution is 7.13. The van der Waals surface area contributed by atoms with E-state index in [1.54, 1.807) is 17.5 Å². The number of carbonyl (C=O) groups is 3. The molecule has 0 aliphatic carbocycles. The molecule has 6 nitrogen and oxygen atoms in total. The fourth-order valence-corrected chi connectivity index (χ4v) is 3.62. The molecule has 0 atom stereocenters. The summed E-state index contributed by atoms with van der Waals surface area (Å²) in [6, 6.07) is 10.2. The van der Waals surface area contributed by atoms with Crippen molar-refractivity contribution in [1.29, 1.82) is 0 Å². The van der Waals surface area contributed by atoms with E-state index in [-0.39, 0.29) is 29.1 Å². The van der Waals surface area contributed by atoms with Crippen molar-refractivity contribution in [1.82, 2.24) is 9.88 Å². The summed E-state index contributed by atoms with van der Waals surface area (Å²) >= 11 is 1.36. The Balaban J connectivity index is 1.45. The van der Waals surface area contributed by atoms with Gasteiger partial charge in [-0.2, -0.15) is 0 Å². The van der Waals surface area contributed by atoms with Crippen LogP contribution in [0.1, 0.15) is 36.8 Å². The van der Waals surface area contributed by atoms with Gasteiger partial charge in [0.1, 0.15) is 17.4 Å². The third-order valence-corrected chi connectivity index (χ3v) is 5.26. The lowest BCUT2D eigenvalue weighted by Crippen LogP contribution is -2.24. The van der Waals surface area contributed by atoms with Crippen molar-refractivity contribution in [2.45, 2.75) is 6.61 Å². The number of benzene rings is 2. The molecule has 1 aliphatic heterocycles. The predicted octanol–water partition coefficient (Wildman–Crippen LogP) is 3.53. The first-order valence-electron chi connectivity index (χ1n) is 8.28. The monoisotopic (exact) mass is 396 g/mol. The van der Waals surface area contributed by atoms with Crippen LogP contribution in [0.25, 0.3) is 10.6 Å². The number of imide groups is 1. The molecule has 1 aromatic heterocycles. The third-order valence-electron chi connectivity index (χ3n) is 4.32. The molecular formula is C20H13FN2O4S. The molecule has 1 aliphatic rings. The summed E-state index contributed by atoms with van der Waals surface area (Å²) in [5.74, 6) is -1.78. The fraction of sp³-hybridized carbons (Fsp3) is 0.100. The van der Waals surface area contributed by atoms with Crippen LogP contribution in [-0.4, -0.2) is 34.7 Å². The zero-order valence-electron chi connectivity index (χ0n) is 14.6. The zero-order chi connectivity index (χ0) is 19.8. The molecule has 0 spiro atoms. The molecule has 0 bridgehead atoms. The average molecular weight is 396 g/mol. The highest BCUT2D eigenvalue weighted by atomic mass is 32.1. The van der Waals surface area contributed by atoms with E-state index in [4.69, 9.17) is 4.74 Å². The number of carbonyl (C=O) groups excluding carboxylic acids is 3. The first-order chi connectivity index (χ1) is 13.4. The molecule has 0 unspecified atom stereocenters. The second-order valence-electron chi connectivity index (χ2n) is 6.16. The highest BCUT2D eigenvalue weighted by Crippen LogP contribution is 2.25. The summed E-state index contributed by atoms with van der Waals surface area (Å²) in [6.45, 7) is -0.0413. The smallest absolute Gasteiger partial charge is 0.338 e. The van der Waals surface area contributed by atoms with Crippen LogP contribution in [0.5, 0.6) is 0 Å². The van der Waals surface area contributed by atoms with Crippen molar-refractivity contribution in [2.24, 2.45) is 0 Å². The molecule has 0 radical (unpaired) electrons. The molecular weight excluding hydrogens is 383 g/mol. The Morgan fingerprint density at radius 1 is 1.11 bits per heavy atom. The lowest BCUT2D eigenvalue weighted by Gasteiger charge is -2.04. The summed E-state index contributed by atoms with van der Waals surface area (Å²) in [6.07, 6.45) is 0. The molecule has 0 fully saturated rings. The highest BCUT2D eigenvalue weighted by Gasteiger charge is 2.33. The normalized spacial score (nSPS) is 13.0. The quantitative estimate of drug-likeness (QED) is 0.498. The van der Waals surface area contributed by atoms with Crippen molar-refractivity contribution >= 4 is 29.1 Å². The van der Waals surface area contributed by atoms with Crippen LogP contribution in [-0.2, 0) is 11.3 Å². The van der Waals surface area contributed by atoms with Gasteiger partial charge in [-0.15, -0.1) is 11.3 Å². The SMILES string of the molecule is CN1C(=O)c2ccc(C(=O)OCc3csc(-c4ccc(F)cc4)n3)cc2C1=O. The van der Waals surface area contributed by atoms with Gasteiger partial charge in [0.25, 0.3) is 11.8 Å². The number of rotatable bonds is 4. The van der Waals surface area contributed by atoms with E-state index in [1.165, 1.54) is 48.7 Å². The molecule has 3 aromatic rings. The summed E-state index contributed by atoms with van der Waals surface area (Å²) in [5, 5.41) is 2.45. The van der Waals surface area contributed by atoms with E-state index >= 15 is 0 Å². The molecule has 0 saturated carbocycles. The summed E-state index contributed by atoms with van der Waals surface area (Å²) < 4.78 is 18.3. The number of aromatic nitrogens is 1. The van der Waals surface area contributed by atoms with Gasteiger partial charge in [-0.3, -0.25) is 14.5 Å². The minimum absolute atomic E-state index is 0.0413. The number of fused-ring (bicyclic) bond motifs is 1. The molecule has 4 rings (SSSR count). The second kappa shape index (κ2) is 6.97. The van der Waals surface area contributed by atoms with Gasteiger partial charge >= 0.3 is 5.97 Å². The Morgan fingerprint density at radius 3 is 2.57 bits per heavy atom. The summed E-state index contributed by atoms with van der Waals surface area (Å²) in [5.41, 5.74) is 1.98. The number of nitrogens with zero attached hydrogens (tertiary/aromatic N) is 2. The summed E-state index contributed by atoms with van der Waals surface area (Å²) in [4.78, 5) is 41.6. The van der Waals surface area contributed by atoms with E-state index in [0.717, 1.165) is 10.5 Å². The van der Waals surface area contributed by atoms with Crippen LogP contribution in [0.15, 0.2) is 47.8 Å². The second-order valence-corrected chi connectivity index (χ2v) is 7.01. The minimum atomic E-state index is -0.617. The molecule has 2 amide bonds. The standard InChI is InChI=1S/C20H13FN2O4S/c1-23-18(24)15-7-4-12(8-16(15)19(23)25)20(26)27-9-14-10-28-17(22-14)11-2-5-13(21)6-3-11/h2-8,10H,9H2,1H3. The van der Waals surface area contributed by atoms with E-state index < -0.39 is 17.8 Å². The Labute approximate surface area is 163 Å². The topological polar surface area (TPSA) is 76.6 Å². The molecule has 2 aromatic carbocycles. The van der Waals surface area contributed by atoms with Crippen LogP contribution >= 0.6 is 11.3 Å². The first kappa shape index (κ1) is 18.0. The third kappa shape index (κ3) is 3.18. The Kier molecular flexibility index (Phi) is 4.48. The van der Waals surface area contributed by atoms with Gasteiger partial charge in [-0.25, -0.2) is 14.2 Å². The van der Waals surface area contributed by atoms with Crippen LogP contribution in [0, 0.1) is 5.82 Å². The predicted molar refractivity (Wildman–Crippen MR) is 99.5 cm³/mol. The van der Waals surface area contributed by atoms with E-state index in [1.807, 2.05) is 0 Å². The maximum atomic E-state index is 13.0. The Morgan fingerprint density at radius 2 is 1.82 bits per heavy atom. The van der Waals surface area contributed by atoms with E-state index in [0.29, 0.717) is 10.7 Å². The van der Waals surface area contributed by atoms with Crippen LogP contribution < -0.4 is 0 Å². The lowest BCUT2D eigenvalue weighted by atomic mass is 10.1. The number of thiazole rings is 1. The zero-order valence-corrected chi connectivity index (χ0v) is 15.5. The van der Waals surface area contributed by atoms with Gasteiger partial charge in [-0.05, 0) is 42.5 Å². The number of amides is 2. The van der Waals surface area contributed by atoms with Crippen LogP contribution in [0.2, 0.25) is 0 Å². The Hall–Kier alpha value is -3.39. The fourth-order valence-electron chi connectivity index (χ4n) is 2.81. The average Bonchev–Trinajstić information content (AvgIpc) is 3.26.